The number of aliphatic hydroxyl groups is 1. The van der Waals surface area contributed by atoms with E-state index >= 15 is 0 Å². The van der Waals surface area contributed by atoms with Crippen molar-refractivity contribution in [1.29, 1.82) is 0 Å². The van der Waals surface area contributed by atoms with Gasteiger partial charge in [-0.1, -0.05) is 23.2 Å². The second kappa shape index (κ2) is 5.31. The van der Waals surface area contributed by atoms with Crippen molar-refractivity contribution in [2.75, 3.05) is 0 Å². The fraction of sp³-hybridized carbons (Fsp3) is 0.0909. The van der Waals surface area contributed by atoms with Gasteiger partial charge < -0.3 is 9.84 Å². The van der Waals surface area contributed by atoms with E-state index in [0.717, 1.165) is 0 Å². The number of aromatic nitrogens is 2. The van der Waals surface area contributed by atoms with Crippen LogP contribution in [0.5, 0.6) is 11.6 Å². The van der Waals surface area contributed by atoms with Crippen LogP contribution in [0.1, 0.15) is 5.69 Å². The average Bonchev–Trinajstić information content (AvgIpc) is 2.34. The molecule has 0 radical (unpaired) electrons. The molecular formula is C11H8Cl2N2O2. The molecular weight excluding hydrogens is 263 g/mol. The number of rotatable bonds is 3. The van der Waals surface area contributed by atoms with Crippen molar-refractivity contribution in [1.82, 2.24) is 9.97 Å². The molecule has 0 atom stereocenters. The molecule has 1 aromatic carbocycles. The molecule has 2 rings (SSSR count). The summed E-state index contributed by atoms with van der Waals surface area (Å²) in [5.41, 5.74) is 0.472. The Morgan fingerprint density at radius 2 is 2.00 bits per heavy atom. The van der Waals surface area contributed by atoms with Gasteiger partial charge in [-0.25, -0.2) is 4.98 Å². The number of hydrogen-bond donors (Lipinski definition) is 1. The summed E-state index contributed by atoms with van der Waals surface area (Å²) in [5, 5.41) is 9.74. The Balaban J connectivity index is 2.19. The summed E-state index contributed by atoms with van der Waals surface area (Å²) in [5.74, 6) is 0.744. The Morgan fingerprint density at radius 1 is 1.18 bits per heavy atom. The Labute approximate surface area is 108 Å². The monoisotopic (exact) mass is 270 g/mol. The van der Waals surface area contributed by atoms with E-state index in [4.69, 9.17) is 33.0 Å². The molecule has 2 aromatic rings. The summed E-state index contributed by atoms with van der Waals surface area (Å²) in [6.45, 7) is -0.158. The quantitative estimate of drug-likeness (QED) is 0.932. The third kappa shape index (κ3) is 3.06. The van der Waals surface area contributed by atoms with E-state index in [2.05, 4.69) is 9.97 Å². The van der Waals surface area contributed by atoms with E-state index in [0.29, 0.717) is 27.4 Å². The van der Waals surface area contributed by atoms with Crippen LogP contribution >= 0.6 is 23.2 Å². The van der Waals surface area contributed by atoms with Gasteiger partial charge in [0.2, 0.25) is 5.88 Å². The Kier molecular flexibility index (Phi) is 3.78. The molecule has 17 heavy (non-hydrogen) atoms. The van der Waals surface area contributed by atoms with Crippen molar-refractivity contribution in [2.45, 2.75) is 6.61 Å². The third-order valence-electron chi connectivity index (χ3n) is 1.95. The van der Waals surface area contributed by atoms with Crippen molar-refractivity contribution in [3.8, 4) is 11.6 Å². The van der Waals surface area contributed by atoms with E-state index in [1.165, 1.54) is 12.4 Å². The summed E-state index contributed by atoms with van der Waals surface area (Å²) in [6, 6.07) is 4.89. The Hall–Kier alpha value is -1.36. The fourth-order valence-corrected chi connectivity index (χ4v) is 1.59. The van der Waals surface area contributed by atoms with Gasteiger partial charge in [-0.05, 0) is 18.2 Å². The molecule has 0 spiro atoms. The Bertz CT molecular complexity index is 517. The van der Waals surface area contributed by atoms with Crippen LogP contribution < -0.4 is 4.74 Å². The first-order chi connectivity index (χ1) is 8.19. The highest BCUT2D eigenvalue weighted by molar-refractivity contribution is 6.35. The van der Waals surface area contributed by atoms with Crippen LogP contribution in [0.15, 0.2) is 30.6 Å². The normalized spacial score (nSPS) is 10.3. The second-order valence-corrected chi connectivity index (χ2v) is 4.02. The molecule has 0 saturated carbocycles. The summed E-state index contributed by atoms with van der Waals surface area (Å²) in [6.07, 6.45) is 2.84. The number of ether oxygens (including phenoxy) is 1. The van der Waals surface area contributed by atoms with Gasteiger partial charge in [0.05, 0.1) is 29.7 Å². The van der Waals surface area contributed by atoms with Crippen LogP contribution in [0.2, 0.25) is 10.0 Å². The average molecular weight is 271 g/mol. The molecule has 0 aliphatic heterocycles. The van der Waals surface area contributed by atoms with Crippen molar-refractivity contribution in [3.63, 3.8) is 0 Å². The molecule has 1 N–H and O–H groups in total. The van der Waals surface area contributed by atoms with Crippen LogP contribution in [0.25, 0.3) is 0 Å². The lowest BCUT2D eigenvalue weighted by Crippen LogP contribution is -1.94. The lowest BCUT2D eigenvalue weighted by Gasteiger charge is -2.06. The van der Waals surface area contributed by atoms with Gasteiger partial charge in [0.25, 0.3) is 0 Å². The molecule has 1 aromatic heterocycles. The minimum Gasteiger partial charge on any atom is -0.436 e. The molecule has 0 saturated heterocycles. The lowest BCUT2D eigenvalue weighted by atomic mass is 10.3. The maximum Gasteiger partial charge on any atom is 0.237 e. The van der Waals surface area contributed by atoms with Crippen LogP contribution in [0.3, 0.4) is 0 Å². The van der Waals surface area contributed by atoms with Gasteiger partial charge in [-0.2, -0.15) is 0 Å². The zero-order valence-corrected chi connectivity index (χ0v) is 10.1. The highest BCUT2D eigenvalue weighted by Gasteiger charge is 2.05. The van der Waals surface area contributed by atoms with Gasteiger partial charge in [-0.15, -0.1) is 0 Å². The first-order valence-electron chi connectivity index (χ1n) is 4.73. The first kappa shape index (κ1) is 12.1. The van der Waals surface area contributed by atoms with Gasteiger partial charge >= 0.3 is 0 Å². The molecule has 1 heterocycles. The molecule has 4 nitrogen and oxygen atoms in total. The number of benzene rings is 1. The number of nitrogens with zero attached hydrogens (tertiary/aromatic N) is 2. The minimum atomic E-state index is -0.158. The molecule has 88 valence electrons. The zero-order chi connectivity index (χ0) is 12.3. The molecule has 0 aliphatic rings. The maximum absolute atomic E-state index is 8.81. The summed E-state index contributed by atoms with van der Waals surface area (Å²) >= 11 is 11.7. The van der Waals surface area contributed by atoms with Crippen molar-refractivity contribution < 1.29 is 9.84 Å². The first-order valence-corrected chi connectivity index (χ1v) is 5.49. The highest BCUT2D eigenvalue weighted by atomic mass is 35.5. The molecule has 0 unspecified atom stereocenters. The SMILES string of the molecule is OCc1cnc(Oc2ccc(Cl)cc2Cl)cn1. The third-order valence-corrected chi connectivity index (χ3v) is 2.48. The summed E-state index contributed by atoms with van der Waals surface area (Å²) in [4.78, 5) is 7.91. The molecule has 0 bridgehead atoms. The van der Waals surface area contributed by atoms with Gasteiger partial charge in [0, 0.05) is 5.02 Å². The van der Waals surface area contributed by atoms with E-state index < -0.39 is 0 Å². The predicted molar refractivity (Wildman–Crippen MR) is 64.5 cm³/mol. The van der Waals surface area contributed by atoms with Crippen LogP contribution in [0.4, 0.5) is 0 Å². The fourth-order valence-electron chi connectivity index (χ4n) is 1.15. The van der Waals surface area contributed by atoms with Gasteiger partial charge in [-0.3, -0.25) is 4.98 Å². The zero-order valence-electron chi connectivity index (χ0n) is 8.60. The van der Waals surface area contributed by atoms with Crippen LogP contribution in [-0.2, 0) is 6.61 Å². The van der Waals surface area contributed by atoms with Crippen LogP contribution in [-0.4, -0.2) is 15.1 Å². The predicted octanol–water partition coefficient (Wildman–Crippen LogP) is 3.07. The standard InChI is InChI=1S/C11H8Cl2N2O2/c12-7-1-2-10(9(13)3-7)17-11-5-14-8(6-16)4-15-11/h1-5,16H,6H2. The number of hydrogen-bond acceptors (Lipinski definition) is 4. The molecule has 6 heteroatoms. The summed E-state index contributed by atoms with van der Waals surface area (Å²) in [7, 11) is 0. The number of aliphatic hydroxyl groups excluding tert-OH is 1. The number of halogens is 2. The van der Waals surface area contributed by atoms with Crippen LogP contribution in [0, 0.1) is 0 Å². The largest absolute Gasteiger partial charge is 0.436 e. The maximum atomic E-state index is 8.81. The summed E-state index contributed by atoms with van der Waals surface area (Å²) < 4.78 is 5.42. The van der Waals surface area contributed by atoms with Gasteiger partial charge in [0.1, 0.15) is 5.75 Å². The van der Waals surface area contributed by atoms with E-state index in [9.17, 15) is 0 Å². The van der Waals surface area contributed by atoms with Crippen molar-refractivity contribution in [2.24, 2.45) is 0 Å². The minimum absolute atomic E-state index is 0.158. The van der Waals surface area contributed by atoms with E-state index in [-0.39, 0.29) is 6.61 Å². The van der Waals surface area contributed by atoms with E-state index in [1.807, 2.05) is 0 Å². The smallest absolute Gasteiger partial charge is 0.237 e. The van der Waals surface area contributed by atoms with Crippen molar-refractivity contribution >= 4 is 23.2 Å². The highest BCUT2D eigenvalue weighted by Crippen LogP contribution is 2.30. The molecule has 0 aliphatic carbocycles. The second-order valence-electron chi connectivity index (χ2n) is 3.18. The Morgan fingerprint density at radius 3 is 2.59 bits per heavy atom. The molecule has 0 fully saturated rings. The van der Waals surface area contributed by atoms with E-state index in [1.54, 1.807) is 18.2 Å². The van der Waals surface area contributed by atoms with Gasteiger partial charge in [0.15, 0.2) is 0 Å². The lowest BCUT2D eigenvalue weighted by molar-refractivity contribution is 0.276. The van der Waals surface area contributed by atoms with Crippen molar-refractivity contribution in [3.05, 3.63) is 46.3 Å². The molecule has 0 amide bonds. The topological polar surface area (TPSA) is 55.2 Å².